The zero-order valence-electron chi connectivity index (χ0n) is 9.33. The average Bonchev–Trinajstić information content (AvgIpc) is 2.97. The molecule has 16 heavy (non-hydrogen) atoms. The highest BCUT2D eigenvalue weighted by Crippen LogP contribution is 2.49. The Morgan fingerprint density at radius 1 is 1.31 bits per heavy atom. The van der Waals surface area contributed by atoms with Crippen LogP contribution in [0.3, 0.4) is 0 Å². The Morgan fingerprint density at radius 3 is 2.62 bits per heavy atom. The van der Waals surface area contributed by atoms with Gasteiger partial charge in [-0.15, -0.1) is 0 Å². The van der Waals surface area contributed by atoms with Crippen LogP contribution in [-0.4, -0.2) is 16.5 Å². The van der Waals surface area contributed by atoms with E-state index in [1.165, 1.54) is 6.07 Å². The van der Waals surface area contributed by atoms with E-state index in [0.29, 0.717) is 11.3 Å². The molecule has 1 aliphatic heterocycles. The topological polar surface area (TPSA) is 46.5 Å². The third-order valence-electron chi connectivity index (χ3n) is 3.52. The maximum absolute atomic E-state index is 11.9. The quantitative estimate of drug-likeness (QED) is 0.725. The molecule has 1 aromatic rings. The van der Waals surface area contributed by atoms with Crippen molar-refractivity contribution in [2.75, 3.05) is 0 Å². The Morgan fingerprint density at radius 2 is 2.00 bits per heavy atom. The van der Waals surface area contributed by atoms with Crippen LogP contribution in [0.1, 0.15) is 34.3 Å². The van der Waals surface area contributed by atoms with E-state index in [-0.39, 0.29) is 17.1 Å². The lowest BCUT2D eigenvalue weighted by Crippen LogP contribution is -2.30. The van der Waals surface area contributed by atoms with Crippen molar-refractivity contribution in [3.8, 4) is 11.5 Å². The van der Waals surface area contributed by atoms with E-state index in [2.05, 4.69) is 0 Å². The fourth-order valence-corrected chi connectivity index (χ4v) is 2.11. The molecular formula is C13H13O3. The van der Waals surface area contributed by atoms with E-state index < -0.39 is 0 Å². The molecule has 3 nitrogen and oxygen atoms in total. The SMILES string of the molecule is Cc1c(O)cc2c(c1C)OC1([CH]C2=O)CC1. The van der Waals surface area contributed by atoms with Gasteiger partial charge in [-0.25, -0.2) is 0 Å². The van der Waals surface area contributed by atoms with Gasteiger partial charge in [-0.2, -0.15) is 0 Å². The molecule has 0 aromatic heterocycles. The normalized spacial score (nSPS) is 20.5. The Balaban J connectivity index is 2.20. The molecule has 1 aromatic carbocycles. The number of phenolic OH excluding ortho intramolecular Hbond substituents is 1. The van der Waals surface area contributed by atoms with Gasteiger partial charge in [0.15, 0.2) is 5.78 Å². The van der Waals surface area contributed by atoms with E-state index in [4.69, 9.17) is 4.74 Å². The fraction of sp³-hybridized carbons (Fsp3) is 0.385. The van der Waals surface area contributed by atoms with Crippen molar-refractivity contribution in [1.82, 2.24) is 0 Å². The molecule has 1 spiro atoms. The number of Topliss-reactive ketones (excluding diaryl/α,β-unsaturated/α-hetero) is 1. The molecule has 83 valence electrons. The van der Waals surface area contributed by atoms with Crippen LogP contribution >= 0.6 is 0 Å². The second-order valence-electron chi connectivity index (χ2n) is 4.70. The lowest BCUT2D eigenvalue weighted by atomic mass is 9.94. The lowest BCUT2D eigenvalue weighted by molar-refractivity contribution is 0.0932. The number of aromatic hydroxyl groups is 1. The molecule has 1 radical (unpaired) electrons. The number of carbonyl (C=O) groups excluding carboxylic acids is 1. The van der Waals surface area contributed by atoms with Gasteiger partial charge < -0.3 is 9.84 Å². The second-order valence-corrected chi connectivity index (χ2v) is 4.70. The van der Waals surface area contributed by atoms with Gasteiger partial charge in [-0.3, -0.25) is 4.79 Å². The predicted octanol–water partition coefficient (Wildman–Crippen LogP) is 2.32. The molecule has 1 heterocycles. The molecule has 2 aliphatic rings. The molecule has 0 bridgehead atoms. The summed E-state index contributed by atoms with van der Waals surface area (Å²) in [5.41, 5.74) is 1.79. The van der Waals surface area contributed by atoms with Gasteiger partial charge in [0.25, 0.3) is 0 Å². The Bertz CT molecular complexity index is 498. The van der Waals surface area contributed by atoms with Crippen LogP contribution in [0.25, 0.3) is 0 Å². The van der Waals surface area contributed by atoms with Crippen LogP contribution in [-0.2, 0) is 0 Å². The summed E-state index contributed by atoms with van der Waals surface area (Å²) in [6.45, 7) is 3.71. The number of ketones is 1. The third-order valence-corrected chi connectivity index (χ3v) is 3.52. The van der Waals surface area contributed by atoms with Gasteiger partial charge in [-0.05, 0) is 43.9 Å². The summed E-state index contributed by atoms with van der Waals surface area (Å²) >= 11 is 0. The molecule has 1 fully saturated rings. The maximum atomic E-state index is 11.9. The molecule has 1 saturated carbocycles. The number of rotatable bonds is 0. The molecule has 0 amide bonds. The van der Waals surface area contributed by atoms with Crippen LogP contribution in [0, 0.1) is 20.3 Å². The van der Waals surface area contributed by atoms with Gasteiger partial charge in [-0.1, -0.05) is 0 Å². The number of carbonyl (C=O) groups is 1. The van der Waals surface area contributed by atoms with Crippen molar-refractivity contribution in [2.45, 2.75) is 32.3 Å². The zero-order chi connectivity index (χ0) is 11.5. The van der Waals surface area contributed by atoms with Crippen LogP contribution in [0.2, 0.25) is 0 Å². The van der Waals surface area contributed by atoms with E-state index in [1.54, 1.807) is 6.42 Å². The largest absolute Gasteiger partial charge is 0.508 e. The molecule has 0 atom stereocenters. The molecule has 0 unspecified atom stereocenters. The smallest absolute Gasteiger partial charge is 0.174 e. The Kier molecular flexibility index (Phi) is 1.69. The van der Waals surface area contributed by atoms with Crippen molar-refractivity contribution in [3.63, 3.8) is 0 Å². The summed E-state index contributed by atoms with van der Waals surface area (Å²) in [4.78, 5) is 11.9. The van der Waals surface area contributed by atoms with Crippen LogP contribution < -0.4 is 4.74 Å². The molecule has 3 rings (SSSR count). The van der Waals surface area contributed by atoms with E-state index in [1.807, 2.05) is 13.8 Å². The minimum absolute atomic E-state index is 0.0304. The average molecular weight is 217 g/mol. The van der Waals surface area contributed by atoms with E-state index in [9.17, 15) is 9.90 Å². The summed E-state index contributed by atoms with van der Waals surface area (Å²) < 4.78 is 5.88. The van der Waals surface area contributed by atoms with Gasteiger partial charge in [0, 0.05) is 0 Å². The number of fused-ring (bicyclic) bond motifs is 1. The summed E-state index contributed by atoms with van der Waals surface area (Å²) in [6, 6.07) is 1.51. The Labute approximate surface area is 94.0 Å². The predicted molar refractivity (Wildman–Crippen MR) is 58.8 cm³/mol. The Hall–Kier alpha value is -1.51. The molecule has 3 heteroatoms. The number of hydrogen-bond acceptors (Lipinski definition) is 3. The maximum Gasteiger partial charge on any atom is 0.174 e. The fourth-order valence-electron chi connectivity index (χ4n) is 2.11. The molecule has 1 N–H and O–H groups in total. The zero-order valence-corrected chi connectivity index (χ0v) is 9.33. The summed E-state index contributed by atoms with van der Waals surface area (Å²) in [6.07, 6.45) is 3.47. The van der Waals surface area contributed by atoms with Gasteiger partial charge in [0.05, 0.1) is 12.0 Å². The third kappa shape index (κ3) is 1.17. The van der Waals surface area contributed by atoms with Gasteiger partial charge >= 0.3 is 0 Å². The van der Waals surface area contributed by atoms with Crippen molar-refractivity contribution in [2.24, 2.45) is 0 Å². The first-order chi connectivity index (χ1) is 7.52. The van der Waals surface area contributed by atoms with Crippen LogP contribution in [0.15, 0.2) is 6.07 Å². The van der Waals surface area contributed by atoms with Crippen molar-refractivity contribution in [1.29, 1.82) is 0 Å². The van der Waals surface area contributed by atoms with Crippen molar-refractivity contribution in [3.05, 3.63) is 29.2 Å². The van der Waals surface area contributed by atoms with Crippen LogP contribution in [0.4, 0.5) is 0 Å². The molecule has 0 saturated heterocycles. The van der Waals surface area contributed by atoms with Crippen molar-refractivity contribution >= 4 is 5.78 Å². The first-order valence-corrected chi connectivity index (χ1v) is 5.45. The number of hydrogen-bond donors (Lipinski definition) is 1. The highest BCUT2D eigenvalue weighted by atomic mass is 16.5. The minimum atomic E-state index is -0.335. The summed E-state index contributed by atoms with van der Waals surface area (Å²) in [5, 5.41) is 9.70. The highest BCUT2D eigenvalue weighted by molar-refractivity contribution is 6.07. The minimum Gasteiger partial charge on any atom is -0.508 e. The number of benzene rings is 1. The summed E-state index contributed by atoms with van der Waals surface area (Å²) in [7, 11) is 0. The summed E-state index contributed by atoms with van der Waals surface area (Å²) in [5.74, 6) is 0.783. The molecule has 1 aliphatic carbocycles. The first-order valence-electron chi connectivity index (χ1n) is 5.45. The lowest BCUT2D eigenvalue weighted by Gasteiger charge is -2.27. The van der Waals surface area contributed by atoms with Gasteiger partial charge in [0.2, 0.25) is 0 Å². The monoisotopic (exact) mass is 217 g/mol. The number of ether oxygens (including phenoxy) is 1. The van der Waals surface area contributed by atoms with Gasteiger partial charge in [0.1, 0.15) is 17.1 Å². The highest BCUT2D eigenvalue weighted by Gasteiger charge is 2.51. The van der Waals surface area contributed by atoms with Crippen LogP contribution in [0.5, 0.6) is 11.5 Å². The first kappa shape index (κ1) is 9.70. The second kappa shape index (κ2) is 2.78. The van der Waals surface area contributed by atoms with Crippen molar-refractivity contribution < 1.29 is 14.6 Å². The van der Waals surface area contributed by atoms with E-state index in [0.717, 1.165) is 24.0 Å². The standard InChI is InChI=1S/C13H13O3/c1-7-8(2)12-9(5-10(7)14)11(15)6-13(16-12)3-4-13/h5-6,14H,3-4H2,1-2H3. The molecular weight excluding hydrogens is 204 g/mol. The number of phenols is 1. The van der Waals surface area contributed by atoms with E-state index >= 15 is 0 Å².